The summed E-state index contributed by atoms with van der Waals surface area (Å²) in [6, 6.07) is 0. The maximum absolute atomic E-state index is 11.4. The monoisotopic (exact) mass is 246 g/mol. The molecule has 2 nitrogen and oxygen atoms in total. The lowest BCUT2D eigenvalue weighted by Gasteiger charge is -2.16. The third-order valence-corrected chi connectivity index (χ3v) is 3.02. The number of carbonyl (C=O) groups is 1. The van der Waals surface area contributed by atoms with E-state index in [2.05, 4.69) is 13.8 Å². The molecular formula is C15H34O2. The van der Waals surface area contributed by atoms with Crippen molar-refractivity contribution >= 4 is 5.97 Å². The van der Waals surface area contributed by atoms with E-state index in [0.29, 0.717) is 12.5 Å². The van der Waals surface area contributed by atoms with Crippen molar-refractivity contribution in [2.24, 2.45) is 11.8 Å². The minimum atomic E-state index is -0.0348. The van der Waals surface area contributed by atoms with E-state index in [9.17, 15) is 4.79 Å². The summed E-state index contributed by atoms with van der Waals surface area (Å²) in [6.07, 6.45) is 5.61. The summed E-state index contributed by atoms with van der Waals surface area (Å²) >= 11 is 0. The van der Waals surface area contributed by atoms with E-state index in [-0.39, 0.29) is 26.7 Å². The van der Waals surface area contributed by atoms with Crippen LogP contribution in [0.15, 0.2) is 0 Å². The Morgan fingerprint density at radius 3 is 2.12 bits per heavy atom. The second-order valence-electron chi connectivity index (χ2n) is 4.36. The van der Waals surface area contributed by atoms with Crippen LogP contribution < -0.4 is 0 Å². The molecule has 0 aliphatic carbocycles. The molecule has 0 aliphatic rings. The highest BCUT2D eigenvalue weighted by molar-refractivity contribution is 5.71. The summed E-state index contributed by atoms with van der Waals surface area (Å²) in [5.41, 5.74) is 0. The van der Waals surface area contributed by atoms with Crippen LogP contribution in [0.2, 0.25) is 0 Å². The lowest BCUT2D eigenvalue weighted by atomic mass is 10.0. The normalized spacial score (nSPS) is 12.9. The number of hydrogen-bond donors (Lipinski definition) is 0. The molecule has 0 N–H and O–H groups in total. The molecule has 0 heterocycles. The van der Waals surface area contributed by atoms with Gasteiger partial charge in [0.2, 0.25) is 0 Å². The van der Waals surface area contributed by atoms with E-state index < -0.39 is 0 Å². The Kier molecular flexibility index (Phi) is 17.3. The van der Waals surface area contributed by atoms with Crippen molar-refractivity contribution in [2.75, 3.05) is 6.61 Å². The molecule has 106 valence electrons. The number of esters is 1. The zero-order valence-electron chi connectivity index (χ0n) is 10.7. The fourth-order valence-electron chi connectivity index (χ4n) is 1.41. The molecular weight excluding hydrogens is 212 g/mol. The predicted molar refractivity (Wildman–Crippen MR) is 77.2 cm³/mol. The van der Waals surface area contributed by atoms with Crippen LogP contribution in [0.4, 0.5) is 0 Å². The van der Waals surface area contributed by atoms with Gasteiger partial charge in [-0.15, -0.1) is 0 Å². The molecule has 0 amide bonds. The van der Waals surface area contributed by atoms with E-state index in [0.717, 1.165) is 12.8 Å². The van der Waals surface area contributed by atoms with Gasteiger partial charge in [-0.3, -0.25) is 4.79 Å². The van der Waals surface area contributed by atoms with Gasteiger partial charge in [0.15, 0.2) is 0 Å². The van der Waals surface area contributed by atoms with Gasteiger partial charge in [0, 0.05) is 0 Å². The first kappa shape index (κ1) is 21.7. The molecule has 0 rings (SSSR count). The molecule has 0 radical (unpaired) electrons. The molecule has 2 atom stereocenters. The van der Waals surface area contributed by atoms with Gasteiger partial charge in [0.1, 0.15) is 0 Å². The standard InChI is InChI=1S/C13H26O2.2CH4/c1-5-8-9-12(7-3)10-15-13(14)11(4)6-2;;/h11-12H,5-10H2,1-4H3;2*1H4. The SMILES string of the molecule is C.C.CCCCC(CC)COC(=O)C(C)CC. The summed E-state index contributed by atoms with van der Waals surface area (Å²) in [5, 5.41) is 0. The molecule has 0 saturated carbocycles. The van der Waals surface area contributed by atoms with Crippen molar-refractivity contribution in [3.63, 3.8) is 0 Å². The van der Waals surface area contributed by atoms with Gasteiger partial charge < -0.3 is 4.74 Å². The smallest absolute Gasteiger partial charge is 0.308 e. The Hall–Kier alpha value is -0.530. The molecule has 0 aromatic rings. The highest BCUT2D eigenvalue weighted by Crippen LogP contribution is 2.14. The van der Waals surface area contributed by atoms with Crippen LogP contribution in [-0.4, -0.2) is 12.6 Å². The Morgan fingerprint density at radius 1 is 1.12 bits per heavy atom. The van der Waals surface area contributed by atoms with Crippen molar-refractivity contribution < 1.29 is 9.53 Å². The number of hydrogen-bond acceptors (Lipinski definition) is 2. The minimum absolute atomic E-state index is 0. The first-order chi connectivity index (χ1) is 7.15. The van der Waals surface area contributed by atoms with Gasteiger partial charge in [-0.25, -0.2) is 0 Å². The Labute approximate surface area is 109 Å². The molecule has 17 heavy (non-hydrogen) atoms. The maximum Gasteiger partial charge on any atom is 0.308 e. The summed E-state index contributed by atoms with van der Waals surface area (Å²) in [5.74, 6) is 0.569. The largest absolute Gasteiger partial charge is 0.465 e. The lowest BCUT2D eigenvalue weighted by molar-refractivity contribution is -0.149. The molecule has 0 fully saturated rings. The zero-order valence-corrected chi connectivity index (χ0v) is 10.7. The minimum Gasteiger partial charge on any atom is -0.465 e. The van der Waals surface area contributed by atoms with Gasteiger partial charge in [0.25, 0.3) is 0 Å². The van der Waals surface area contributed by atoms with E-state index in [1.807, 2.05) is 13.8 Å². The van der Waals surface area contributed by atoms with E-state index >= 15 is 0 Å². The van der Waals surface area contributed by atoms with Gasteiger partial charge in [0.05, 0.1) is 12.5 Å². The average molecular weight is 246 g/mol. The quantitative estimate of drug-likeness (QED) is 0.559. The third-order valence-electron chi connectivity index (χ3n) is 3.02. The molecule has 0 aliphatic heterocycles. The predicted octanol–water partition coefficient (Wildman–Crippen LogP) is 5.06. The Balaban J connectivity index is -0.000000980. The highest BCUT2D eigenvalue weighted by Gasteiger charge is 2.14. The first-order valence-electron chi connectivity index (χ1n) is 6.32. The fraction of sp³-hybridized carbons (Fsp3) is 0.933. The number of unbranched alkanes of at least 4 members (excludes halogenated alkanes) is 1. The van der Waals surface area contributed by atoms with E-state index in [4.69, 9.17) is 4.74 Å². The van der Waals surface area contributed by atoms with Crippen LogP contribution in [0.3, 0.4) is 0 Å². The van der Waals surface area contributed by atoms with Crippen LogP contribution in [-0.2, 0) is 9.53 Å². The molecule has 0 aromatic heterocycles. The van der Waals surface area contributed by atoms with E-state index in [1.54, 1.807) is 0 Å². The van der Waals surface area contributed by atoms with E-state index in [1.165, 1.54) is 19.3 Å². The first-order valence-corrected chi connectivity index (χ1v) is 6.32. The number of carbonyl (C=O) groups excluding carboxylic acids is 1. The lowest BCUT2D eigenvalue weighted by Crippen LogP contribution is -2.18. The van der Waals surface area contributed by atoms with Crippen molar-refractivity contribution in [1.29, 1.82) is 0 Å². The van der Waals surface area contributed by atoms with Crippen LogP contribution in [0.25, 0.3) is 0 Å². The number of rotatable bonds is 8. The van der Waals surface area contributed by atoms with Crippen LogP contribution in [0, 0.1) is 11.8 Å². The van der Waals surface area contributed by atoms with Gasteiger partial charge in [-0.1, -0.05) is 61.8 Å². The summed E-state index contributed by atoms with van der Waals surface area (Å²) in [6.45, 7) is 8.91. The topological polar surface area (TPSA) is 26.3 Å². The fourth-order valence-corrected chi connectivity index (χ4v) is 1.41. The summed E-state index contributed by atoms with van der Waals surface area (Å²) in [4.78, 5) is 11.4. The maximum atomic E-state index is 11.4. The molecule has 0 bridgehead atoms. The van der Waals surface area contributed by atoms with Gasteiger partial charge >= 0.3 is 5.97 Å². The van der Waals surface area contributed by atoms with Gasteiger partial charge in [-0.2, -0.15) is 0 Å². The zero-order chi connectivity index (χ0) is 11.7. The molecule has 2 heteroatoms. The second kappa shape index (κ2) is 13.5. The van der Waals surface area contributed by atoms with Crippen molar-refractivity contribution in [1.82, 2.24) is 0 Å². The highest BCUT2D eigenvalue weighted by atomic mass is 16.5. The van der Waals surface area contributed by atoms with Crippen molar-refractivity contribution in [3.05, 3.63) is 0 Å². The van der Waals surface area contributed by atoms with Crippen LogP contribution >= 0.6 is 0 Å². The molecule has 0 saturated heterocycles. The van der Waals surface area contributed by atoms with Crippen molar-refractivity contribution in [3.8, 4) is 0 Å². The number of ether oxygens (including phenoxy) is 1. The third kappa shape index (κ3) is 10.3. The Morgan fingerprint density at radius 2 is 1.71 bits per heavy atom. The Bertz CT molecular complexity index is 166. The summed E-state index contributed by atoms with van der Waals surface area (Å²) in [7, 11) is 0. The average Bonchev–Trinajstić information content (AvgIpc) is 2.27. The van der Waals surface area contributed by atoms with Crippen LogP contribution in [0.5, 0.6) is 0 Å². The molecule has 0 spiro atoms. The van der Waals surface area contributed by atoms with Gasteiger partial charge in [-0.05, 0) is 18.8 Å². The van der Waals surface area contributed by atoms with Crippen LogP contribution in [0.1, 0.15) is 74.7 Å². The second-order valence-corrected chi connectivity index (χ2v) is 4.36. The molecule has 0 aromatic carbocycles. The van der Waals surface area contributed by atoms with Crippen molar-refractivity contribution in [2.45, 2.75) is 74.7 Å². The summed E-state index contributed by atoms with van der Waals surface area (Å²) < 4.78 is 5.31. The molecule has 2 unspecified atom stereocenters.